The van der Waals surface area contributed by atoms with Gasteiger partial charge in [-0.3, -0.25) is 4.79 Å². The Bertz CT molecular complexity index is 1010. The van der Waals surface area contributed by atoms with E-state index in [1.54, 1.807) is 12.1 Å². The van der Waals surface area contributed by atoms with Gasteiger partial charge in [-0.05, 0) is 48.6 Å². The van der Waals surface area contributed by atoms with Crippen LogP contribution in [0.3, 0.4) is 0 Å². The summed E-state index contributed by atoms with van der Waals surface area (Å²) < 4.78 is 33.0. The molecule has 156 valence electrons. The molecule has 0 spiro atoms. The Labute approximate surface area is 179 Å². The Morgan fingerprint density at radius 3 is 2.48 bits per heavy atom. The maximum absolute atomic E-state index is 13.0. The molecule has 0 radical (unpaired) electrons. The summed E-state index contributed by atoms with van der Waals surface area (Å²) in [4.78, 5) is 24.8. The predicted molar refractivity (Wildman–Crippen MR) is 112 cm³/mol. The zero-order chi connectivity index (χ0) is 21.2. The van der Waals surface area contributed by atoms with Crippen LogP contribution in [0.15, 0.2) is 41.3 Å². The van der Waals surface area contributed by atoms with Crippen LogP contribution in [0.2, 0.25) is 4.34 Å². The number of rotatable bonds is 6. The van der Waals surface area contributed by atoms with Crippen LogP contribution in [-0.2, 0) is 14.8 Å². The number of benzene rings is 1. The number of sulfonamides is 1. The molecule has 0 saturated carbocycles. The molecule has 1 fully saturated rings. The summed E-state index contributed by atoms with van der Waals surface area (Å²) in [7, 11) is -3.71. The lowest BCUT2D eigenvalue weighted by Gasteiger charge is -2.34. The third-order valence-corrected chi connectivity index (χ3v) is 7.83. The molecular weight excluding hydrogens is 434 g/mol. The molecule has 6 nitrogen and oxygen atoms in total. The molecule has 0 N–H and O–H groups in total. The van der Waals surface area contributed by atoms with E-state index in [0.29, 0.717) is 22.3 Å². The first-order valence-electron chi connectivity index (χ1n) is 9.22. The van der Waals surface area contributed by atoms with Crippen molar-refractivity contribution in [3.05, 3.63) is 51.2 Å². The van der Waals surface area contributed by atoms with E-state index in [0.717, 1.165) is 17.8 Å². The van der Waals surface area contributed by atoms with Crippen LogP contribution in [0.5, 0.6) is 0 Å². The summed E-state index contributed by atoms with van der Waals surface area (Å²) in [5.74, 6) is -0.564. The van der Waals surface area contributed by atoms with E-state index in [-0.39, 0.29) is 28.1 Å². The van der Waals surface area contributed by atoms with Gasteiger partial charge in [-0.2, -0.15) is 4.31 Å². The van der Waals surface area contributed by atoms with Crippen LogP contribution >= 0.6 is 22.9 Å². The SMILES string of the molecule is C[C@@H]1C[C@H](C)CN(S(=O)(=O)c2cccc(C(=O)OCC(=O)c3ccc(Cl)s3)c2)C1. The largest absolute Gasteiger partial charge is 0.454 e. The van der Waals surface area contributed by atoms with Crippen molar-refractivity contribution in [2.75, 3.05) is 19.7 Å². The van der Waals surface area contributed by atoms with Crippen LogP contribution in [-0.4, -0.2) is 44.2 Å². The van der Waals surface area contributed by atoms with Crippen molar-refractivity contribution in [2.45, 2.75) is 25.2 Å². The molecule has 1 saturated heterocycles. The minimum Gasteiger partial charge on any atom is -0.454 e. The molecule has 1 aliphatic heterocycles. The van der Waals surface area contributed by atoms with Crippen LogP contribution in [0.1, 0.15) is 40.3 Å². The number of thiophene rings is 1. The van der Waals surface area contributed by atoms with E-state index in [1.807, 2.05) is 13.8 Å². The molecule has 1 aromatic carbocycles. The van der Waals surface area contributed by atoms with Gasteiger partial charge in [-0.1, -0.05) is 31.5 Å². The van der Waals surface area contributed by atoms with Gasteiger partial charge in [0.25, 0.3) is 0 Å². The highest BCUT2D eigenvalue weighted by Crippen LogP contribution is 2.27. The molecule has 2 aromatic rings. The van der Waals surface area contributed by atoms with Gasteiger partial charge in [0.2, 0.25) is 15.8 Å². The quantitative estimate of drug-likeness (QED) is 0.483. The average molecular weight is 456 g/mol. The van der Waals surface area contributed by atoms with Gasteiger partial charge in [0.05, 0.1) is 19.7 Å². The third kappa shape index (κ3) is 5.25. The van der Waals surface area contributed by atoms with Crippen LogP contribution in [0.25, 0.3) is 0 Å². The Morgan fingerprint density at radius 1 is 1.17 bits per heavy atom. The lowest BCUT2D eigenvalue weighted by atomic mass is 9.94. The highest BCUT2D eigenvalue weighted by atomic mass is 35.5. The van der Waals surface area contributed by atoms with Crippen molar-refractivity contribution in [3.63, 3.8) is 0 Å². The number of carbonyl (C=O) groups is 2. The molecule has 2 heterocycles. The number of ketones is 1. The Morgan fingerprint density at radius 2 is 1.86 bits per heavy atom. The van der Waals surface area contributed by atoms with Gasteiger partial charge in [-0.15, -0.1) is 11.3 Å². The van der Waals surface area contributed by atoms with E-state index >= 15 is 0 Å². The number of halogens is 1. The van der Waals surface area contributed by atoms with Crippen molar-refractivity contribution in [3.8, 4) is 0 Å². The van der Waals surface area contributed by atoms with Crippen LogP contribution < -0.4 is 0 Å². The number of nitrogens with zero attached hydrogens (tertiary/aromatic N) is 1. The maximum Gasteiger partial charge on any atom is 0.338 e. The van der Waals surface area contributed by atoms with Gasteiger partial charge in [0, 0.05) is 13.1 Å². The molecule has 0 amide bonds. The van der Waals surface area contributed by atoms with Crippen LogP contribution in [0.4, 0.5) is 0 Å². The summed E-state index contributed by atoms with van der Waals surface area (Å²) in [6, 6.07) is 8.90. The van der Waals surface area contributed by atoms with E-state index in [1.165, 1.54) is 28.6 Å². The topological polar surface area (TPSA) is 80.8 Å². The van der Waals surface area contributed by atoms with Crippen LogP contribution in [0, 0.1) is 11.8 Å². The second kappa shape index (κ2) is 8.95. The number of carbonyl (C=O) groups excluding carboxylic acids is 2. The summed E-state index contributed by atoms with van der Waals surface area (Å²) in [6.45, 7) is 4.54. The molecule has 0 unspecified atom stereocenters. The summed E-state index contributed by atoms with van der Waals surface area (Å²) in [6.07, 6.45) is 0.988. The Balaban J connectivity index is 1.71. The standard InChI is InChI=1S/C20H22ClNO5S2/c1-13-8-14(2)11-22(10-13)29(25,26)16-5-3-4-15(9-16)20(24)27-12-17(23)18-6-7-19(21)28-18/h3-7,9,13-14H,8,10-12H2,1-2H3/t13-,14+. The highest BCUT2D eigenvalue weighted by molar-refractivity contribution is 7.89. The monoisotopic (exact) mass is 455 g/mol. The Hall–Kier alpha value is -1.74. The van der Waals surface area contributed by atoms with Gasteiger partial charge in [0.1, 0.15) is 0 Å². The van der Waals surface area contributed by atoms with Gasteiger partial charge < -0.3 is 4.74 Å². The fourth-order valence-electron chi connectivity index (χ4n) is 3.48. The summed E-state index contributed by atoms with van der Waals surface area (Å²) in [5.41, 5.74) is 0.0844. The minimum atomic E-state index is -3.71. The average Bonchev–Trinajstić information content (AvgIpc) is 3.11. The molecule has 0 bridgehead atoms. The number of piperidine rings is 1. The summed E-state index contributed by atoms with van der Waals surface area (Å²) in [5, 5.41) is 0. The Kier molecular flexibility index (Phi) is 6.78. The van der Waals surface area contributed by atoms with Gasteiger partial charge in [0.15, 0.2) is 6.61 Å². The lowest BCUT2D eigenvalue weighted by Crippen LogP contribution is -2.42. The second-order valence-electron chi connectivity index (χ2n) is 7.40. The molecule has 0 aliphatic carbocycles. The number of ether oxygens (including phenoxy) is 1. The number of hydrogen-bond acceptors (Lipinski definition) is 6. The van der Waals surface area contributed by atoms with E-state index < -0.39 is 22.6 Å². The number of Topliss-reactive ketones (excluding diaryl/α,β-unsaturated/α-hetero) is 1. The van der Waals surface area contributed by atoms with Gasteiger partial charge >= 0.3 is 5.97 Å². The number of esters is 1. The maximum atomic E-state index is 13.0. The van der Waals surface area contributed by atoms with E-state index in [2.05, 4.69) is 0 Å². The predicted octanol–water partition coefficient (Wildman–Crippen LogP) is 4.11. The first kappa shape index (κ1) is 22.0. The fourth-order valence-corrected chi connectivity index (χ4v) is 6.18. The normalized spacial score (nSPS) is 20.4. The first-order chi connectivity index (χ1) is 13.7. The molecule has 2 atom stereocenters. The second-order valence-corrected chi connectivity index (χ2v) is 11.1. The molecule has 1 aliphatic rings. The lowest BCUT2D eigenvalue weighted by molar-refractivity contribution is 0.0475. The fraction of sp³-hybridized carbons (Fsp3) is 0.400. The zero-order valence-electron chi connectivity index (χ0n) is 16.1. The van der Waals surface area contributed by atoms with E-state index in [4.69, 9.17) is 16.3 Å². The van der Waals surface area contributed by atoms with Crippen molar-refractivity contribution in [1.82, 2.24) is 4.31 Å². The molecule has 1 aromatic heterocycles. The molecule has 9 heteroatoms. The summed E-state index contributed by atoms with van der Waals surface area (Å²) >= 11 is 6.91. The molecular formula is C20H22ClNO5S2. The van der Waals surface area contributed by atoms with Gasteiger partial charge in [-0.25, -0.2) is 13.2 Å². The minimum absolute atomic E-state index is 0.0459. The highest BCUT2D eigenvalue weighted by Gasteiger charge is 2.32. The van der Waals surface area contributed by atoms with Crippen molar-refractivity contribution < 1.29 is 22.7 Å². The zero-order valence-corrected chi connectivity index (χ0v) is 18.5. The third-order valence-electron chi connectivity index (χ3n) is 4.73. The van der Waals surface area contributed by atoms with E-state index in [9.17, 15) is 18.0 Å². The van der Waals surface area contributed by atoms with Crippen molar-refractivity contribution >= 4 is 44.7 Å². The van der Waals surface area contributed by atoms with Crippen molar-refractivity contribution in [2.24, 2.45) is 11.8 Å². The molecule has 29 heavy (non-hydrogen) atoms. The number of hydrogen-bond donors (Lipinski definition) is 0. The smallest absolute Gasteiger partial charge is 0.338 e. The first-order valence-corrected chi connectivity index (χ1v) is 11.9. The van der Waals surface area contributed by atoms with Crippen molar-refractivity contribution in [1.29, 1.82) is 0 Å². The molecule has 3 rings (SSSR count).